The third-order valence-electron chi connectivity index (χ3n) is 5.87. The first-order valence-electron chi connectivity index (χ1n) is 10.3. The number of halogens is 4. The van der Waals surface area contributed by atoms with E-state index in [2.05, 4.69) is 20.9 Å². The van der Waals surface area contributed by atoms with Crippen molar-refractivity contribution < 1.29 is 19.1 Å². The smallest absolute Gasteiger partial charge is 0.281 e. The minimum Gasteiger partial charge on any atom is -0.387 e. The minimum absolute atomic E-state index is 0.175. The number of carbonyl (C=O) groups excluding carboxylic acids is 1. The van der Waals surface area contributed by atoms with Crippen molar-refractivity contribution in [1.82, 2.24) is 10.0 Å². The second kappa shape index (κ2) is 8.32. The molecule has 0 saturated heterocycles. The Labute approximate surface area is 208 Å². The SMILES string of the molecule is O=C1c2cc(Br)cc(-c3ccc(Cl)cc3)c2C(F)(Cc2ccc(Cl)cn2)N1OCC1(O)CC1. The van der Waals surface area contributed by atoms with Gasteiger partial charge in [0.15, 0.2) is 0 Å². The Morgan fingerprint density at radius 2 is 1.76 bits per heavy atom. The number of pyridine rings is 1. The van der Waals surface area contributed by atoms with Gasteiger partial charge in [-0.25, -0.2) is 4.39 Å². The van der Waals surface area contributed by atoms with Crippen LogP contribution in [0.2, 0.25) is 10.0 Å². The van der Waals surface area contributed by atoms with Crippen molar-refractivity contribution >= 4 is 45.0 Å². The molecule has 1 N–H and O–H groups in total. The topological polar surface area (TPSA) is 62.7 Å². The highest BCUT2D eigenvalue weighted by molar-refractivity contribution is 9.10. The first-order chi connectivity index (χ1) is 15.7. The molecule has 1 saturated carbocycles. The Hall–Kier alpha value is -2.03. The molecule has 33 heavy (non-hydrogen) atoms. The fourth-order valence-electron chi connectivity index (χ4n) is 3.96. The summed E-state index contributed by atoms with van der Waals surface area (Å²) in [6.07, 6.45) is 2.25. The maximum absolute atomic E-state index is 17.1. The fraction of sp³-hybridized carbons (Fsp3) is 0.250. The van der Waals surface area contributed by atoms with Crippen molar-refractivity contribution in [3.63, 3.8) is 0 Å². The number of hydrogen-bond acceptors (Lipinski definition) is 4. The summed E-state index contributed by atoms with van der Waals surface area (Å²) in [5, 5.41) is 12.0. The van der Waals surface area contributed by atoms with E-state index in [1.165, 1.54) is 6.20 Å². The van der Waals surface area contributed by atoms with E-state index in [1.807, 2.05) is 0 Å². The van der Waals surface area contributed by atoms with Gasteiger partial charge in [-0.05, 0) is 60.4 Å². The first kappa shape index (κ1) is 22.7. The molecular formula is C24H18BrCl2FN2O3. The molecule has 5 nitrogen and oxygen atoms in total. The van der Waals surface area contributed by atoms with Crippen LogP contribution in [0.5, 0.6) is 0 Å². The van der Waals surface area contributed by atoms with Gasteiger partial charge < -0.3 is 5.11 Å². The summed E-state index contributed by atoms with van der Waals surface area (Å²) in [6, 6.07) is 13.5. The Morgan fingerprint density at radius 1 is 1.09 bits per heavy atom. The number of amides is 1. The molecule has 0 radical (unpaired) electrons. The molecule has 1 fully saturated rings. The molecule has 5 rings (SSSR count). The van der Waals surface area contributed by atoms with Crippen molar-refractivity contribution in [2.24, 2.45) is 0 Å². The van der Waals surface area contributed by atoms with Crippen LogP contribution in [0.1, 0.15) is 34.5 Å². The van der Waals surface area contributed by atoms with Gasteiger partial charge in [0.2, 0.25) is 5.79 Å². The van der Waals surface area contributed by atoms with Gasteiger partial charge in [-0.1, -0.05) is 51.3 Å². The summed E-state index contributed by atoms with van der Waals surface area (Å²) in [6.45, 7) is -0.177. The number of aliphatic hydroxyl groups is 1. The van der Waals surface area contributed by atoms with Crippen LogP contribution in [0.25, 0.3) is 11.1 Å². The zero-order valence-electron chi connectivity index (χ0n) is 17.2. The molecule has 2 aliphatic rings. The van der Waals surface area contributed by atoms with Gasteiger partial charge >= 0.3 is 0 Å². The fourth-order valence-corrected chi connectivity index (χ4v) is 4.66. The Kier molecular flexibility index (Phi) is 5.74. The van der Waals surface area contributed by atoms with Gasteiger partial charge in [-0.2, -0.15) is 5.06 Å². The molecule has 1 aromatic heterocycles. The quantitative estimate of drug-likeness (QED) is 0.376. The molecule has 0 bridgehead atoms. The van der Waals surface area contributed by atoms with Crippen molar-refractivity contribution in [2.75, 3.05) is 6.61 Å². The van der Waals surface area contributed by atoms with Gasteiger partial charge in [0.05, 0.1) is 16.2 Å². The molecular weight excluding hydrogens is 534 g/mol. The number of nitrogens with zero attached hydrogens (tertiary/aromatic N) is 2. The lowest BCUT2D eigenvalue weighted by molar-refractivity contribution is -0.240. The highest BCUT2D eigenvalue weighted by Gasteiger charge is 2.55. The van der Waals surface area contributed by atoms with Crippen molar-refractivity contribution in [3.8, 4) is 11.1 Å². The van der Waals surface area contributed by atoms with E-state index in [4.69, 9.17) is 28.0 Å². The molecule has 1 aliphatic carbocycles. The van der Waals surface area contributed by atoms with E-state index in [1.54, 1.807) is 48.5 Å². The third kappa shape index (κ3) is 4.29. The second-order valence-corrected chi connectivity index (χ2v) is 10.2. The van der Waals surface area contributed by atoms with Crippen molar-refractivity contribution in [1.29, 1.82) is 0 Å². The minimum atomic E-state index is -2.37. The second-order valence-electron chi connectivity index (χ2n) is 8.38. The molecule has 2 aromatic carbocycles. The van der Waals surface area contributed by atoms with E-state index < -0.39 is 17.3 Å². The maximum Gasteiger partial charge on any atom is 0.281 e. The molecule has 0 spiro atoms. The van der Waals surface area contributed by atoms with E-state index >= 15 is 4.39 Å². The van der Waals surface area contributed by atoms with Crippen LogP contribution >= 0.6 is 39.1 Å². The van der Waals surface area contributed by atoms with Gasteiger partial charge in [0.25, 0.3) is 5.91 Å². The van der Waals surface area contributed by atoms with Crippen molar-refractivity contribution in [2.45, 2.75) is 30.7 Å². The van der Waals surface area contributed by atoms with Crippen LogP contribution in [0.15, 0.2) is 59.2 Å². The third-order valence-corrected chi connectivity index (χ3v) is 6.81. The molecule has 1 amide bonds. The predicted molar refractivity (Wildman–Crippen MR) is 127 cm³/mol. The monoisotopic (exact) mass is 550 g/mol. The molecule has 3 aromatic rings. The average molecular weight is 552 g/mol. The highest BCUT2D eigenvalue weighted by atomic mass is 79.9. The van der Waals surface area contributed by atoms with Crippen LogP contribution < -0.4 is 0 Å². The van der Waals surface area contributed by atoms with Crippen LogP contribution in [0, 0.1) is 0 Å². The molecule has 1 aliphatic heterocycles. The predicted octanol–water partition coefficient (Wildman–Crippen LogP) is 6.10. The van der Waals surface area contributed by atoms with Gasteiger partial charge in [0.1, 0.15) is 6.61 Å². The van der Waals surface area contributed by atoms with E-state index in [0.29, 0.717) is 44.2 Å². The van der Waals surface area contributed by atoms with E-state index in [-0.39, 0.29) is 24.2 Å². The zero-order chi connectivity index (χ0) is 23.4. The number of hydrogen-bond donors (Lipinski definition) is 1. The number of carbonyl (C=O) groups is 1. The van der Waals surface area contributed by atoms with Crippen LogP contribution in [0.4, 0.5) is 4.39 Å². The van der Waals surface area contributed by atoms with Crippen LogP contribution in [-0.2, 0) is 17.1 Å². The van der Waals surface area contributed by atoms with Gasteiger partial charge in [0, 0.05) is 33.4 Å². The van der Waals surface area contributed by atoms with Gasteiger partial charge in [-0.3, -0.25) is 14.6 Å². The summed E-state index contributed by atoms with van der Waals surface area (Å²) in [5.41, 5.74) is 0.932. The number of aromatic nitrogens is 1. The number of alkyl halides is 1. The summed E-state index contributed by atoms with van der Waals surface area (Å²) >= 11 is 15.4. The Bertz CT molecular complexity index is 1240. The standard InChI is InChI=1S/C24H18BrCl2FN2O3/c25-15-9-19(14-1-3-16(26)4-2-14)21-20(10-15)22(31)30(33-13-23(32)7-8-23)24(21,28)11-18-6-5-17(27)12-29-18/h1-6,9-10,12,32H,7-8,11,13H2. The maximum atomic E-state index is 17.1. The number of benzene rings is 2. The summed E-state index contributed by atoms with van der Waals surface area (Å²) < 4.78 is 17.8. The number of fused-ring (bicyclic) bond motifs is 1. The Morgan fingerprint density at radius 3 is 2.39 bits per heavy atom. The molecule has 1 unspecified atom stereocenters. The molecule has 170 valence electrons. The average Bonchev–Trinajstić information content (AvgIpc) is 3.47. The highest BCUT2D eigenvalue weighted by Crippen LogP contribution is 2.49. The first-order valence-corrected chi connectivity index (χ1v) is 11.8. The summed E-state index contributed by atoms with van der Waals surface area (Å²) in [5.74, 6) is -2.99. The molecule has 1 atom stereocenters. The summed E-state index contributed by atoms with van der Waals surface area (Å²) in [4.78, 5) is 23.3. The lowest BCUT2D eigenvalue weighted by atomic mass is 9.89. The summed E-state index contributed by atoms with van der Waals surface area (Å²) in [7, 11) is 0. The van der Waals surface area contributed by atoms with Crippen LogP contribution in [-0.4, -0.2) is 33.3 Å². The lowest BCUT2D eigenvalue weighted by Gasteiger charge is -2.32. The lowest BCUT2D eigenvalue weighted by Crippen LogP contribution is -2.44. The number of hydroxylamine groups is 2. The molecule has 2 heterocycles. The zero-order valence-corrected chi connectivity index (χ0v) is 20.3. The van der Waals surface area contributed by atoms with Gasteiger partial charge in [-0.15, -0.1) is 0 Å². The van der Waals surface area contributed by atoms with E-state index in [9.17, 15) is 9.90 Å². The van der Waals surface area contributed by atoms with Crippen LogP contribution in [0.3, 0.4) is 0 Å². The van der Waals surface area contributed by atoms with E-state index in [0.717, 1.165) is 5.06 Å². The molecule has 9 heteroatoms. The normalized spacial score (nSPS) is 20.8. The Balaban J connectivity index is 1.65. The van der Waals surface area contributed by atoms with Crippen molar-refractivity contribution in [3.05, 3.63) is 86.1 Å². The largest absolute Gasteiger partial charge is 0.387 e. The number of rotatable bonds is 6.